The highest BCUT2D eigenvalue weighted by Gasteiger charge is 2.24. The summed E-state index contributed by atoms with van der Waals surface area (Å²) in [6.45, 7) is 0.770. The van der Waals surface area contributed by atoms with Crippen LogP contribution in [0.25, 0.3) is 0 Å². The minimum absolute atomic E-state index is 0.261. The Kier molecular flexibility index (Phi) is 2.87. The summed E-state index contributed by atoms with van der Waals surface area (Å²) >= 11 is 0. The molecule has 0 saturated carbocycles. The van der Waals surface area contributed by atoms with Gasteiger partial charge in [-0.1, -0.05) is 30.3 Å². The van der Waals surface area contributed by atoms with Crippen LogP contribution in [0.4, 0.5) is 5.82 Å². The zero-order valence-corrected chi connectivity index (χ0v) is 10.7. The number of aromatic nitrogens is 2. The first-order valence-corrected chi connectivity index (χ1v) is 6.15. The standard InChI is InChI=1S/C14H15N5/c1-18-9-16-12(7-15)13-14(18)19(10-17-13)8-11-5-3-2-4-6-11/h2-7,9-10,12,15H,8H2,1H3. The summed E-state index contributed by atoms with van der Waals surface area (Å²) in [6.07, 6.45) is 4.89. The van der Waals surface area contributed by atoms with Crippen molar-refractivity contribution in [2.45, 2.75) is 12.6 Å². The third kappa shape index (κ3) is 2.03. The molecule has 0 spiro atoms. The van der Waals surface area contributed by atoms with Crippen LogP contribution < -0.4 is 4.90 Å². The number of benzene rings is 1. The first kappa shape index (κ1) is 11.6. The summed E-state index contributed by atoms with van der Waals surface area (Å²) in [5.41, 5.74) is 2.07. The number of imidazole rings is 1. The molecule has 0 fully saturated rings. The van der Waals surface area contributed by atoms with Gasteiger partial charge in [-0.15, -0.1) is 0 Å². The average molecular weight is 253 g/mol. The smallest absolute Gasteiger partial charge is 0.139 e. The van der Waals surface area contributed by atoms with Crippen LogP contribution in [0.3, 0.4) is 0 Å². The van der Waals surface area contributed by atoms with E-state index in [1.54, 1.807) is 6.34 Å². The van der Waals surface area contributed by atoms with E-state index in [2.05, 4.69) is 26.7 Å². The molecule has 1 atom stereocenters. The highest BCUT2D eigenvalue weighted by Crippen LogP contribution is 2.29. The Bertz CT molecular complexity index is 614. The van der Waals surface area contributed by atoms with Gasteiger partial charge >= 0.3 is 0 Å². The van der Waals surface area contributed by atoms with Crippen LogP contribution in [0.1, 0.15) is 17.3 Å². The van der Waals surface area contributed by atoms with Gasteiger partial charge in [0.1, 0.15) is 17.6 Å². The predicted octanol–water partition coefficient (Wildman–Crippen LogP) is 2.10. The molecule has 5 nitrogen and oxygen atoms in total. The van der Waals surface area contributed by atoms with Crippen molar-refractivity contribution in [1.29, 1.82) is 5.41 Å². The Balaban J connectivity index is 1.97. The Labute approximate surface area is 111 Å². The third-order valence-corrected chi connectivity index (χ3v) is 3.21. The number of nitrogens with zero attached hydrogens (tertiary/aromatic N) is 4. The highest BCUT2D eigenvalue weighted by molar-refractivity contribution is 5.85. The molecule has 0 bridgehead atoms. The normalized spacial score (nSPS) is 17.3. The van der Waals surface area contributed by atoms with Crippen LogP contribution >= 0.6 is 0 Å². The predicted molar refractivity (Wildman–Crippen MR) is 76.2 cm³/mol. The summed E-state index contributed by atoms with van der Waals surface area (Å²) in [5, 5.41) is 7.42. The molecule has 0 amide bonds. The van der Waals surface area contributed by atoms with Crippen molar-refractivity contribution in [3.63, 3.8) is 0 Å². The van der Waals surface area contributed by atoms with E-state index in [0.717, 1.165) is 18.1 Å². The molecule has 5 heteroatoms. The lowest BCUT2D eigenvalue weighted by molar-refractivity contribution is 0.785. The van der Waals surface area contributed by atoms with E-state index >= 15 is 0 Å². The van der Waals surface area contributed by atoms with Crippen molar-refractivity contribution in [3.8, 4) is 0 Å². The fourth-order valence-electron chi connectivity index (χ4n) is 2.30. The van der Waals surface area contributed by atoms with Gasteiger partial charge in [-0.3, -0.25) is 4.99 Å². The Morgan fingerprint density at radius 1 is 1.32 bits per heavy atom. The van der Waals surface area contributed by atoms with E-state index in [-0.39, 0.29) is 6.04 Å². The summed E-state index contributed by atoms with van der Waals surface area (Å²) in [4.78, 5) is 10.6. The monoisotopic (exact) mass is 253 g/mol. The van der Waals surface area contributed by atoms with Crippen LogP contribution in [0.2, 0.25) is 0 Å². The number of aliphatic imine (C=N–C) groups is 1. The van der Waals surface area contributed by atoms with Crippen molar-refractivity contribution >= 4 is 18.4 Å². The second-order valence-corrected chi connectivity index (χ2v) is 4.55. The number of hydrogen-bond acceptors (Lipinski definition) is 4. The Hall–Kier alpha value is -2.43. The van der Waals surface area contributed by atoms with Crippen molar-refractivity contribution in [1.82, 2.24) is 9.55 Å². The fraction of sp³-hybridized carbons (Fsp3) is 0.214. The van der Waals surface area contributed by atoms with E-state index in [1.165, 1.54) is 11.8 Å². The summed E-state index contributed by atoms with van der Waals surface area (Å²) < 4.78 is 2.09. The van der Waals surface area contributed by atoms with Gasteiger partial charge in [0, 0.05) is 13.3 Å². The zero-order valence-electron chi connectivity index (χ0n) is 10.7. The van der Waals surface area contributed by atoms with Gasteiger partial charge in [-0.25, -0.2) is 4.98 Å². The highest BCUT2D eigenvalue weighted by atomic mass is 15.3. The van der Waals surface area contributed by atoms with Crippen LogP contribution in [0.15, 0.2) is 41.7 Å². The molecule has 1 aliphatic heterocycles. The molecule has 2 heterocycles. The van der Waals surface area contributed by atoms with Crippen molar-refractivity contribution in [3.05, 3.63) is 47.9 Å². The first-order valence-electron chi connectivity index (χ1n) is 6.15. The van der Waals surface area contributed by atoms with E-state index in [4.69, 9.17) is 5.41 Å². The third-order valence-electron chi connectivity index (χ3n) is 3.21. The summed E-state index contributed by atoms with van der Waals surface area (Å²) in [6, 6.07) is 10.0. The van der Waals surface area contributed by atoms with Gasteiger partial charge in [0.2, 0.25) is 0 Å². The second-order valence-electron chi connectivity index (χ2n) is 4.55. The molecule has 0 saturated heterocycles. The van der Waals surface area contributed by atoms with E-state index < -0.39 is 0 Å². The lowest BCUT2D eigenvalue weighted by Gasteiger charge is -2.23. The minimum Gasteiger partial charge on any atom is -0.320 e. The number of fused-ring (bicyclic) bond motifs is 1. The molecule has 0 aliphatic carbocycles. The molecule has 96 valence electrons. The molecular weight excluding hydrogens is 238 g/mol. The fourth-order valence-corrected chi connectivity index (χ4v) is 2.30. The molecular formula is C14H15N5. The van der Waals surface area contributed by atoms with Gasteiger partial charge in [-0.2, -0.15) is 0 Å². The Morgan fingerprint density at radius 2 is 2.11 bits per heavy atom. The Morgan fingerprint density at radius 3 is 2.84 bits per heavy atom. The molecule has 3 rings (SSSR count). The van der Waals surface area contributed by atoms with Gasteiger partial charge in [0.15, 0.2) is 0 Å². The summed E-state index contributed by atoms with van der Waals surface area (Å²) in [7, 11) is 1.95. The molecule has 19 heavy (non-hydrogen) atoms. The maximum absolute atomic E-state index is 7.42. The van der Waals surface area contributed by atoms with Gasteiger partial charge in [0.05, 0.1) is 19.2 Å². The zero-order chi connectivity index (χ0) is 13.2. The lowest BCUT2D eigenvalue weighted by atomic mass is 10.2. The second kappa shape index (κ2) is 4.68. The molecule has 1 N–H and O–H groups in total. The number of rotatable bonds is 3. The molecule has 2 aromatic rings. The van der Waals surface area contributed by atoms with Gasteiger partial charge in [0.25, 0.3) is 0 Å². The minimum atomic E-state index is -0.261. The van der Waals surface area contributed by atoms with E-state index in [9.17, 15) is 0 Å². The van der Waals surface area contributed by atoms with E-state index in [1.807, 2.05) is 36.5 Å². The number of anilines is 1. The van der Waals surface area contributed by atoms with Gasteiger partial charge < -0.3 is 14.9 Å². The van der Waals surface area contributed by atoms with Crippen molar-refractivity contribution in [2.75, 3.05) is 11.9 Å². The molecule has 1 aromatic heterocycles. The largest absolute Gasteiger partial charge is 0.320 e. The average Bonchev–Trinajstić information content (AvgIpc) is 2.85. The molecule has 1 aromatic carbocycles. The SMILES string of the molecule is CN1C=NC(C=N)c2ncn(Cc3ccccc3)c21. The number of nitrogens with one attached hydrogen (secondary N) is 1. The topological polar surface area (TPSA) is 57.3 Å². The summed E-state index contributed by atoms with van der Waals surface area (Å²) in [5.74, 6) is 1.01. The molecule has 1 aliphatic rings. The maximum Gasteiger partial charge on any atom is 0.139 e. The first-order chi connectivity index (χ1) is 9.29. The number of hydrogen-bond donors (Lipinski definition) is 1. The van der Waals surface area contributed by atoms with Crippen LogP contribution in [-0.2, 0) is 6.54 Å². The van der Waals surface area contributed by atoms with Crippen LogP contribution in [0.5, 0.6) is 0 Å². The van der Waals surface area contributed by atoms with Gasteiger partial charge in [-0.05, 0) is 5.56 Å². The van der Waals surface area contributed by atoms with Crippen molar-refractivity contribution in [2.24, 2.45) is 4.99 Å². The molecule has 0 radical (unpaired) electrons. The van der Waals surface area contributed by atoms with E-state index in [0.29, 0.717) is 0 Å². The van der Waals surface area contributed by atoms with Crippen LogP contribution in [-0.4, -0.2) is 29.2 Å². The van der Waals surface area contributed by atoms with Crippen LogP contribution in [0, 0.1) is 5.41 Å². The lowest BCUT2D eigenvalue weighted by Crippen LogP contribution is -2.24. The maximum atomic E-state index is 7.42. The quantitative estimate of drug-likeness (QED) is 0.852. The molecule has 1 unspecified atom stereocenters. The van der Waals surface area contributed by atoms with Crippen molar-refractivity contribution < 1.29 is 0 Å².